The number of amides is 1. The fourth-order valence-corrected chi connectivity index (χ4v) is 4.51. The molecule has 6 nitrogen and oxygen atoms in total. The number of nitrogens with one attached hydrogen (secondary N) is 1. The van der Waals surface area contributed by atoms with Crippen LogP contribution in [-0.2, 0) is 11.3 Å². The molecule has 0 saturated heterocycles. The van der Waals surface area contributed by atoms with Crippen molar-refractivity contribution in [1.82, 2.24) is 10.3 Å². The fraction of sp³-hybridized carbons (Fsp3) is 0.115. The number of nitrogens with zero attached hydrogens (tertiary/aromatic N) is 2. The average Bonchev–Trinajstić information content (AvgIpc) is 3.33. The van der Waals surface area contributed by atoms with Crippen LogP contribution in [0.5, 0.6) is 0 Å². The number of carboxylic acid groups (broad SMARTS) is 1. The minimum Gasteiger partial charge on any atom is -0.481 e. The summed E-state index contributed by atoms with van der Waals surface area (Å²) in [4.78, 5) is 29.6. The molecule has 0 fully saturated rings. The molecule has 3 aromatic carbocycles. The summed E-state index contributed by atoms with van der Waals surface area (Å²) in [6.45, 7) is 0.550. The lowest BCUT2D eigenvalue weighted by Crippen LogP contribution is -2.26. The molecule has 178 valence electrons. The van der Waals surface area contributed by atoms with Gasteiger partial charge in [0.25, 0.3) is 5.91 Å². The maximum absolute atomic E-state index is 14.3. The molecule has 0 aliphatic heterocycles. The number of halogens is 2. The van der Waals surface area contributed by atoms with Crippen LogP contribution < -0.4 is 10.2 Å². The van der Waals surface area contributed by atoms with Crippen LogP contribution in [-0.4, -0.2) is 28.5 Å². The number of carbonyl (C=O) groups excluding carboxylic acids is 1. The van der Waals surface area contributed by atoms with E-state index in [-0.39, 0.29) is 24.7 Å². The van der Waals surface area contributed by atoms with Gasteiger partial charge in [-0.3, -0.25) is 9.59 Å². The van der Waals surface area contributed by atoms with Crippen LogP contribution in [0.4, 0.5) is 15.2 Å². The molecule has 0 radical (unpaired) electrons. The van der Waals surface area contributed by atoms with E-state index in [2.05, 4.69) is 21.2 Å². The summed E-state index contributed by atoms with van der Waals surface area (Å²) in [5, 5.41) is 13.9. The second kappa shape index (κ2) is 11.2. The Hall–Kier alpha value is -3.56. The number of hydrogen-bond acceptors (Lipinski definition) is 5. The number of thiazole rings is 1. The van der Waals surface area contributed by atoms with Crippen molar-refractivity contribution >= 4 is 50.0 Å². The van der Waals surface area contributed by atoms with Crippen molar-refractivity contribution in [2.24, 2.45) is 0 Å². The number of aromatic nitrogens is 1. The van der Waals surface area contributed by atoms with E-state index < -0.39 is 5.97 Å². The van der Waals surface area contributed by atoms with Crippen molar-refractivity contribution in [1.29, 1.82) is 0 Å². The fourth-order valence-electron chi connectivity index (χ4n) is 3.40. The minimum absolute atomic E-state index is 0.0711. The van der Waals surface area contributed by atoms with Gasteiger partial charge in [-0.1, -0.05) is 40.2 Å². The molecule has 0 unspecified atom stereocenters. The Morgan fingerprint density at radius 2 is 1.74 bits per heavy atom. The topological polar surface area (TPSA) is 82.5 Å². The molecular formula is C26H21BrFN3O3S. The van der Waals surface area contributed by atoms with Gasteiger partial charge in [-0.25, -0.2) is 9.37 Å². The standard InChI is InChI=1S/C26H21BrFN3O3S/c27-19-9-11-20(12-10-19)31(26-30-23(16-35-26)21-3-1-2-4-22(21)28)15-17-5-7-18(8-6-17)25(34)29-14-13-24(32)33/h1-12,16H,13-15H2,(H,29,34)(H,32,33). The SMILES string of the molecule is O=C(O)CCNC(=O)c1ccc(CN(c2ccc(Br)cc2)c2nc(-c3ccccc3F)cs2)cc1. The molecule has 0 aliphatic rings. The van der Waals surface area contributed by atoms with E-state index in [4.69, 9.17) is 10.1 Å². The van der Waals surface area contributed by atoms with Gasteiger partial charge in [0.15, 0.2) is 5.13 Å². The molecule has 1 amide bonds. The largest absolute Gasteiger partial charge is 0.481 e. The molecule has 1 heterocycles. The Bertz CT molecular complexity index is 1330. The molecule has 0 atom stereocenters. The lowest BCUT2D eigenvalue weighted by molar-refractivity contribution is -0.136. The van der Waals surface area contributed by atoms with Crippen molar-refractivity contribution in [3.8, 4) is 11.3 Å². The first kappa shape index (κ1) is 24.6. The number of benzene rings is 3. The summed E-state index contributed by atoms with van der Waals surface area (Å²) in [5.41, 5.74) is 3.32. The third-order valence-electron chi connectivity index (χ3n) is 5.19. The normalized spacial score (nSPS) is 10.7. The van der Waals surface area contributed by atoms with Crippen LogP contribution in [0.15, 0.2) is 82.6 Å². The third kappa shape index (κ3) is 6.32. The highest BCUT2D eigenvalue weighted by Gasteiger charge is 2.17. The number of anilines is 2. The summed E-state index contributed by atoms with van der Waals surface area (Å²) in [6.07, 6.45) is -0.130. The van der Waals surface area contributed by atoms with Gasteiger partial charge >= 0.3 is 5.97 Å². The van der Waals surface area contributed by atoms with Crippen LogP contribution in [0.3, 0.4) is 0 Å². The zero-order valence-electron chi connectivity index (χ0n) is 18.4. The van der Waals surface area contributed by atoms with Gasteiger partial charge in [-0.15, -0.1) is 11.3 Å². The molecule has 4 aromatic rings. The molecule has 0 bridgehead atoms. The number of carboxylic acids is 1. The van der Waals surface area contributed by atoms with Crippen LogP contribution in [0.25, 0.3) is 11.3 Å². The summed E-state index contributed by atoms with van der Waals surface area (Å²) in [5.74, 6) is -1.61. The first-order chi connectivity index (χ1) is 16.9. The van der Waals surface area contributed by atoms with Gasteiger partial charge in [0, 0.05) is 33.2 Å². The molecule has 0 spiro atoms. The lowest BCUT2D eigenvalue weighted by Gasteiger charge is -2.22. The maximum Gasteiger partial charge on any atom is 0.305 e. The smallest absolute Gasteiger partial charge is 0.305 e. The molecule has 1 aromatic heterocycles. The predicted octanol–water partition coefficient (Wildman–Crippen LogP) is 6.25. The van der Waals surface area contributed by atoms with Crippen molar-refractivity contribution < 1.29 is 19.1 Å². The zero-order chi connectivity index (χ0) is 24.8. The first-order valence-corrected chi connectivity index (χ1v) is 12.4. The van der Waals surface area contributed by atoms with Crippen molar-refractivity contribution in [3.63, 3.8) is 0 Å². The first-order valence-electron chi connectivity index (χ1n) is 10.7. The Morgan fingerprint density at radius 1 is 1.03 bits per heavy atom. The van der Waals surface area contributed by atoms with Crippen LogP contribution in [0.1, 0.15) is 22.3 Å². The summed E-state index contributed by atoms with van der Waals surface area (Å²) in [7, 11) is 0. The Labute approximate surface area is 214 Å². The minimum atomic E-state index is -0.964. The van der Waals surface area contributed by atoms with Crippen LogP contribution in [0.2, 0.25) is 0 Å². The number of carbonyl (C=O) groups is 2. The molecule has 2 N–H and O–H groups in total. The monoisotopic (exact) mass is 553 g/mol. The van der Waals surface area contributed by atoms with E-state index in [0.717, 1.165) is 15.7 Å². The van der Waals surface area contributed by atoms with Gasteiger partial charge in [-0.05, 0) is 54.1 Å². The second-order valence-electron chi connectivity index (χ2n) is 7.65. The van der Waals surface area contributed by atoms with Gasteiger partial charge in [-0.2, -0.15) is 0 Å². The Morgan fingerprint density at radius 3 is 2.43 bits per heavy atom. The second-order valence-corrected chi connectivity index (χ2v) is 9.41. The Balaban J connectivity index is 1.57. The molecule has 0 saturated carbocycles. The van der Waals surface area contributed by atoms with Gasteiger partial charge in [0.1, 0.15) is 5.82 Å². The summed E-state index contributed by atoms with van der Waals surface area (Å²) < 4.78 is 15.3. The van der Waals surface area contributed by atoms with E-state index in [1.165, 1.54) is 17.4 Å². The highest BCUT2D eigenvalue weighted by molar-refractivity contribution is 9.10. The van der Waals surface area contributed by atoms with Crippen molar-refractivity contribution in [2.75, 3.05) is 11.4 Å². The van der Waals surface area contributed by atoms with Crippen LogP contribution in [0, 0.1) is 5.82 Å². The van der Waals surface area contributed by atoms with E-state index in [9.17, 15) is 14.0 Å². The lowest BCUT2D eigenvalue weighted by atomic mass is 10.1. The molecular weight excluding hydrogens is 533 g/mol. The molecule has 9 heteroatoms. The highest BCUT2D eigenvalue weighted by atomic mass is 79.9. The van der Waals surface area contributed by atoms with Crippen molar-refractivity contribution in [3.05, 3.63) is 99.6 Å². The number of hydrogen-bond donors (Lipinski definition) is 2. The quantitative estimate of drug-likeness (QED) is 0.256. The molecule has 35 heavy (non-hydrogen) atoms. The molecule has 0 aliphatic carbocycles. The average molecular weight is 554 g/mol. The predicted molar refractivity (Wildman–Crippen MR) is 139 cm³/mol. The van der Waals surface area contributed by atoms with Gasteiger partial charge < -0.3 is 15.3 Å². The van der Waals surface area contributed by atoms with E-state index in [1.807, 2.05) is 46.7 Å². The van der Waals surface area contributed by atoms with Crippen molar-refractivity contribution in [2.45, 2.75) is 13.0 Å². The third-order valence-corrected chi connectivity index (χ3v) is 6.58. The number of aliphatic carboxylic acids is 1. The number of rotatable bonds is 9. The summed E-state index contributed by atoms with van der Waals surface area (Å²) in [6, 6.07) is 21.5. The maximum atomic E-state index is 14.3. The molecule has 4 rings (SSSR count). The van der Waals surface area contributed by atoms with E-state index >= 15 is 0 Å². The van der Waals surface area contributed by atoms with E-state index in [0.29, 0.717) is 28.5 Å². The summed E-state index contributed by atoms with van der Waals surface area (Å²) >= 11 is 4.89. The highest BCUT2D eigenvalue weighted by Crippen LogP contribution is 2.34. The Kier molecular flexibility index (Phi) is 7.89. The zero-order valence-corrected chi connectivity index (χ0v) is 20.9. The van der Waals surface area contributed by atoms with Crippen LogP contribution >= 0.6 is 27.3 Å². The van der Waals surface area contributed by atoms with E-state index in [1.54, 1.807) is 30.3 Å². The van der Waals surface area contributed by atoms with Gasteiger partial charge in [0.2, 0.25) is 0 Å². The van der Waals surface area contributed by atoms with Gasteiger partial charge in [0.05, 0.1) is 18.7 Å².